The van der Waals surface area contributed by atoms with Gasteiger partial charge in [-0.2, -0.15) is 18.4 Å². The fourth-order valence-corrected chi connectivity index (χ4v) is 15.2. The largest absolute Gasteiger partial charge is 0.417 e. The minimum absolute atomic E-state index is 0.0630. The van der Waals surface area contributed by atoms with Crippen LogP contribution in [0.3, 0.4) is 0 Å². The van der Waals surface area contributed by atoms with Gasteiger partial charge < -0.3 is 9.13 Å². The molecule has 0 saturated heterocycles. The molecule has 0 spiro atoms. The molecule has 0 N–H and O–H groups in total. The summed E-state index contributed by atoms with van der Waals surface area (Å²) in [5.74, 6) is 4.84. The molecule has 554 valence electrons. The zero-order valence-corrected chi connectivity index (χ0v) is 62.2. The van der Waals surface area contributed by atoms with Crippen molar-refractivity contribution in [2.75, 3.05) is 0 Å². The van der Waals surface area contributed by atoms with Gasteiger partial charge in [0, 0.05) is 105 Å². The van der Waals surface area contributed by atoms with Gasteiger partial charge in [0.1, 0.15) is 0 Å². The number of benzene rings is 14. The van der Waals surface area contributed by atoms with E-state index in [1.54, 1.807) is 12.1 Å². The fourth-order valence-electron chi connectivity index (χ4n) is 15.2. The molecule has 6 heterocycles. The molecular weight excluding hydrogens is 1470 g/mol. The van der Waals surface area contributed by atoms with Crippen molar-refractivity contribution in [3.8, 4) is 165 Å². The molecular formula is C99H57F3N16. The highest BCUT2D eigenvalue weighted by Crippen LogP contribution is 2.50. The zero-order chi connectivity index (χ0) is 79.4. The van der Waals surface area contributed by atoms with Crippen LogP contribution in [-0.4, -0.2) is 68.9 Å². The molecule has 20 aromatic rings. The lowest BCUT2D eigenvalue weighted by molar-refractivity contribution is -0.137. The Morgan fingerprint density at radius 3 is 0.686 bits per heavy atom. The Kier molecular flexibility index (Phi) is 17.7. The third-order valence-corrected chi connectivity index (χ3v) is 20.8. The van der Waals surface area contributed by atoms with Crippen molar-refractivity contribution in [1.82, 2.24) is 68.9 Å². The Bertz CT molecular complexity index is 6420. The molecule has 20 rings (SSSR count). The van der Waals surface area contributed by atoms with Crippen molar-refractivity contribution in [3.05, 3.63) is 368 Å². The smallest absolute Gasteiger partial charge is 0.310 e. The summed E-state index contributed by atoms with van der Waals surface area (Å²) in [6, 6.07) is 109. The molecule has 0 bridgehead atoms. The molecule has 0 fully saturated rings. The third kappa shape index (κ3) is 13.2. The lowest BCUT2D eigenvalue weighted by atomic mass is 9.93. The minimum Gasteiger partial charge on any atom is -0.310 e. The fraction of sp³-hybridized carbons (Fsp3) is 0.0101. The van der Waals surface area contributed by atoms with Crippen LogP contribution in [-0.2, 0) is 6.18 Å². The summed E-state index contributed by atoms with van der Waals surface area (Å²) in [6.45, 7) is 9.15. The first kappa shape index (κ1) is 70.6. The van der Waals surface area contributed by atoms with E-state index in [0.29, 0.717) is 136 Å². The lowest BCUT2D eigenvalue weighted by Crippen LogP contribution is -2.11. The number of hydrogen-bond acceptors (Lipinski definition) is 13. The highest BCUT2D eigenvalue weighted by atomic mass is 19.4. The SMILES string of the molecule is [C-]#[N+]c1cc(-n2c3ccc(-c4nc(-c5ccccc5)nc(-c5ccccc5)n4)cc3c3cc(-c4nc(-c5ccccc5)nc(-c5ccccc5)n4)ccc32)c(-c2ccc(C#N)cc2C(F)(F)F)c(-n2c3ccc(-c4nc(-c5ccccc5)nc(-c5ccccc5)n4)cc3c3cc(-c4nc(-c5ccccc5)nc(-c5ccccc5)n4)ccc32)c1. The molecule has 19 heteroatoms. The first-order valence-electron chi connectivity index (χ1n) is 37.8. The van der Waals surface area contributed by atoms with Crippen molar-refractivity contribution in [1.29, 1.82) is 5.26 Å². The quantitative estimate of drug-likeness (QED) is 0.0881. The van der Waals surface area contributed by atoms with Crippen molar-refractivity contribution < 1.29 is 13.2 Å². The predicted octanol–water partition coefficient (Wildman–Crippen LogP) is 23.7. The first-order chi connectivity index (χ1) is 58.0. The van der Waals surface area contributed by atoms with E-state index < -0.39 is 11.7 Å². The summed E-state index contributed by atoms with van der Waals surface area (Å²) >= 11 is 0. The van der Waals surface area contributed by atoms with Crippen molar-refractivity contribution in [3.63, 3.8) is 0 Å². The van der Waals surface area contributed by atoms with Crippen molar-refractivity contribution in [2.45, 2.75) is 6.18 Å². The normalized spacial score (nSPS) is 11.5. The van der Waals surface area contributed by atoms with E-state index in [-0.39, 0.29) is 33.8 Å². The van der Waals surface area contributed by atoms with Crippen LogP contribution in [0.5, 0.6) is 0 Å². The molecule has 0 aliphatic heterocycles. The molecule has 0 radical (unpaired) electrons. The van der Waals surface area contributed by atoms with E-state index in [2.05, 4.69) is 4.85 Å². The van der Waals surface area contributed by atoms with Gasteiger partial charge in [0.15, 0.2) is 75.6 Å². The van der Waals surface area contributed by atoms with Gasteiger partial charge in [-0.05, 0) is 103 Å². The van der Waals surface area contributed by atoms with Crippen molar-refractivity contribution >= 4 is 49.3 Å². The summed E-state index contributed by atoms with van der Waals surface area (Å²) in [5, 5.41) is 13.0. The molecule has 0 unspecified atom stereocenters. The maximum absolute atomic E-state index is 16.8. The number of halogens is 3. The molecule has 118 heavy (non-hydrogen) atoms. The van der Waals surface area contributed by atoms with Gasteiger partial charge in [-0.1, -0.05) is 249 Å². The van der Waals surface area contributed by atoms with Crippen LogP contribution in [0.25, 0.3) is 208 Å². The second kappa shape index (κ2) is 29.5. The van der Waals surface area contributed by atoms with Crippen LogP contribution >= 0.6 is 0 Å². The van der Waals surface area contributed by atoms with Gasteiger partial charge in [0.25, 0.3) is 0 Å². The maximum atomic E-state index is 16.8. The molecule has 0 saturated carbocycles. The highest BCUT2D eigenvalue weighted by Gasteiger charge is 2.37. The Morgan fingerprint density at radius 2 is 0.483 bits per heavy atom. The number of fused-ring (bicyclic) bond motifs is 6. The van der Waals surface area contributed by atoms with Crippen LogP contribution in [0, 0.1) is 17.9 Å². The third-order valence-electron chi connectivity index (χ3n) is 20.8. The Balaban J connectivity index is 0.884. The van der Waals surface area contributed by atoms with E-state index in [0.717, 1.165) is 50.6 Å². The number of hydrogen-bond donors (Lipinski definition) is 0. The van der Waals surface area contributed by atoms with E-state index in [1.807, 2.05) is 331 Å². The Labute approximate surface area is 672 Å². The minimum atomic E-state index is -5.06. The first-order valence-corrected chi connectivity index (χ1v) is 37.8. The summed E-state index contributed by atoms with van der Waals surface area (Å²) < 4.78 is 54.3. The summed E-state index contributed by atoms with van der Waals surface area (Å²) in [5.41, 5.74) is 9.50. The van der Waals surface area contributed by atoms with Crippen LogP contribution < -0.4 is 0 Å². The predicted molar refractivity (Wildman–Crippen MR) is 455 cm³/mol. The van der Waals surface area contributed by atoms with Gasteiger partial charge in [0.2, 0.25) is 0 Å². The van der Waals surface area contributed by atoms with Crippen LogP contribution in [0.2, 0.25) is 0 Å². The second-order valence-electron chi connectivity index (χ2n) is 28.1. The van der Waals surface area contributed by atoms with Crippen LogP contribution in [0.1, 0.15) is 11.1 Å². The Hall–Kier alpha value is -16.5. The van der Waals surface area contributed by atoms with E-state index in [9.17, 15) is 5.26 Å². The Morgan fingerprint density at radius 1 is 0.263 bits per heavy atom. The van der Waals surface area contributed by atoms with Crippen LogP contribution in [0.15, 0.2) is 346 Å². The van der Waals surface area contributed by atoms with Crippen LogP contribution in [0.4, 0.5) is 18.9 Å². The van der Waals surface area contributed by atoms with Gasteiger partial charge in [-0.3, -0.25) is 0 Å². The summed E-state index contributed by atoms with van der Waals surface area (Å²) in [6.07, 6.45) is -5.06. The maximum Gasteiger partial charge on any atom is 0.417 e. The van der Waals surface area contributed by atoms with Gasteiger partial charge >= 0.3 is 6.18 Å². The molecule has 16 nitrogen and oxygen atoms in total. The molecule has 0 amide bonds. The monoisotopic (exact) mass is 1530 g/mol. The average Bonchev–Trinajstić information content (AvgIpc) is 1.49. The summed E-state index contributed by atoms with van der Waals surface area (Å²) in [4.78, 5) is 65.7. The number of alkyl halides is 3. The number of nitriles is 1. The van der Waals surface area contributed by atoms with Gasteiger partial charge in [0.05, 0.1) is 45.8 Å². The lowest BCUT2D eigenvalue weighted by Gasteiger charge is -2.23. The summed E-state index contributed by atoms with van der Waals surface area (Å²) in [7, 11) is 0. The van der Waals surface area contributed by atoms with E-state index >= 15 is 13.2 Å². The van der Waals surface area contributed by atoms with E-state index in [1.165, 1.54) is 12.1 Å². The highest BCUT2D eigenvalue weighted by molar-refractivity contribution is 6.15. The molecule has 0 aliphatic rings. The zero-order valence-electron chi connectivity index (χ0n) is 62.2. The number of rotatable bonds is 15. The topological polar surface area (TPSA) is 193 Å². The van der Waals surface area contributed by atoms with Gasteiger partial charge in [-0.25, -0.2) is 64.7 Å². The molecule has 0 atom stereocenters. The molecule has 14 aromatic carbocycles. The number of nitrogens with zero attached hydrogens (tertiary/aromatic N) is 16. The van der Waals surface area contributed by atoms with E-state index in [4.69, 9.17) is 66.4 Å². The van der Waals surface area contributed by atoms with Crippen molar-refractivity contribution in [2.24, 2.45) is 0 Å². The van der Waals surface area contributed by atoms with Gasteiger partial charge in [-0.15, -0.1) is 0 Å². The molecule has 0 aliphatic carbocycles. The second-order valence-corrected chi connectivity index (χ2v) is 28.1. The average molecular weight is 1530 g/mol. The number of aromatic nitrogens is 14. The standard InChI is InChI=1S/C99H57F3N16/c1-104-73-57-84(117-80-48-43-69(95-109-87(61-26-10-2-11-27-61)105-88(110-95)62-28-12-3-13-29-62)53-75(80)76-54-70(44-49-81(76)117)96-111-89(63-30-14-4-15-31-63)106-90(112-96)64-32-16-5-17-33-64)86(74-47-42-60(59-103)52-79(74)99(100,101)102)85(58-73)118-82-50-45-71(97-113-91(65-34-18-6-19-35-65)107-92(114-97)66-36-20-7-21-37-66)55-77(82)78-56-72(46-51-83(78)118)98-115-93(67-38-22-8-23-39-67)108-94(116-98)68-40-24-9-25-41-68/h2-58H. The molecule has 6 aromatic heterocycles.